The Bertz CT molecular complexity index is 1240. The van der Waals surface area contributed by atoms with E-state index in [9.17, 15) is 22.8 Å². The van der Waals surface area contributed by atoms with Crippen molar-refractivity contribution < 1.29 is 22.8 Å². The van der Waals surface area contributed by atoms with Crippen molar-refractivity contribution in [2.45, 2.75) is 25.1 Å². The molecule has 0 bridgehead atoms. The average molecular weight is 498 g/mol. The molecule has 0 N–H and O–H groups in total. The summed E-state index contributed by atoms with van der Waals surface area (Å²) >= 11 is 0. The molecule has 1 unspecified atom stereocenters. The van der Waals surface area contributed by atoms with E-state index in [1.807, 2.05) is 29.2 Å². The highest BCUT2D eigenvalue weighted by Gasteiger charge is 2.35. The minimum Gasteiger partial charge on any atom is -0.368 e. The molecule has 2 aliphatic rings. The minimum absolute atomic E-state index is 0.0164. The molecular formula is C26H26F3N5O2. The van der Waals surface area contributed by atoms with Crippen molar-refractivity contribution in [2.75, 3.05) is 42.5 Å². The van der Waals surface area contributed by atoms with E-state index in [2.05, 4.69) is 4.98 Å². The molecule has 0 aliphatic carbocycles. The summed E-state index contributed by atoms with van der Waals surface area (Å²) in [5.74, 6) is -0.327. The smallest absolute Gasteiger partial charge is 0.368 e. The van der Waals surface area contributed by atoms with Gasteiger partial charge in [-0.2, -0.15) is 13.2 Å². The topological polar surface area (TPSA) is 61.7 Å². The third-order valence-electron chi connectivity index (χ3n) is 6.86. The van der Waals surface area contributed by atoms with Crippen molar-refractivity contribution in [1.82, 2.24) is 14.5 Å². The predicted molar refractivity (Wildman–Crippen MR) is 129 cm³/mol. The molecule has 10 heteroatoms. The number of hydrogen-bond donors (Lipinski definition) is 0. The van der Waals surface area contributed by atoms with Crippen molar-refractivity contribution in [3.05, 3.63) is 78.4 Å². The molecule has 0 radical (unpaired) electrons. The molecule has 1 saturated heterocycles. The van der Waals surface area contributed by atoms with Crippen molar-refractivity contribution in [3.63, 3.8) is 0 Å². The van der Waals surface area contributed by atoms with Crippen molar-refractivity contribution >= 4 is 23.2 Å². The van der Waals surface area contributed by atoms with Gasteiger partial charge in [0.25, 0.3) is 5.91 Å². The quantitative estimate of drug-likeness (QED) is 0.539. The Kier molecular flexibility index (Phi) is 6.42. The van der Waals surface area contributed by atoms with Crippen LogP contribution in [0.25, 0.3) is 0 Å². The molecular weight excluding hydrogens is 471 g/mol. The standard InChI is InChI=1S/C26H26F3N5O2/c27-26(28,29)20-5-3-6-21(16-20)31-12-14-32(15-13-31)24(35)17-23(33-11-9-30-18-33)25(36)34-10-8-19-4-1-2-7-22(19)34/h1-7,9,11,16,18,23H,8,10,12-15,17H2. The van der Waals surface area contributed by atoms with E-state index in [-0.39, 0.29) is 18.2 Å². The maximum atomic E-state index is 13.6. The first-order valence-electron chi connectivity index (χ1n) is 11.9. The van der Waals surface area contributed by atoms with Crippen LogP contribution in [0.3, 0.4) is 0 Å². The molecule has 1 atom stereocenters. The number of amides is 2. The van der Waals surface area contributed by atoms with Gasteiger partial charge in [0.05, 0.1) is 18.3 Å². The summed E-state index contributed by atoms with van der Waals surface area (Å²) in [6.45, 7) is 2.12. The van der Waals surface area contributed by atoms with Crippen LogP contribution in [0.5, 0.6) is 0 Å². The summed E-state index contributed by atoms with van der Waals surface area (Å²) < 4.78 is 40.9. The lowest BCUT2D eigenvalue weighted by molar-refractivity contribution is -0.137. The SMILES string of the molecule is O=C(CC(C(=O)N1CCc2ccccc21)n1ccnc1)N1CCN(c2cccc(C(F)(F)F)c2)CC1. The van der Waals surface area contributed by atoms with Crippen LogP contribution in [0.15, 0.2) is 67.3 Å². The van der Waals surface area contributed by atoms with Crippen LogP contribution in [0.4, 0.5) is 24.5 Å². The van der Waals surface area contributed by atoms with Gasteiger partial charge in [0.1, 0.15) is 6.04 Å². The van der Waals surface area contributed by atoms with E-state index in [0.717, 1.165) is 29.8 Å². The van der Waals surface area contributed by atoms with E-state index in [4.69, 9.17) is 0 Å². The zero-order chi connectivity index (χ0) is 25.3. The molecule has 3 heterocycles. The molecule has 0 saturated carbocycles. The number of fused-ring (bicyclic) bond motifs is 1. The number of alkyl halides is 3. The van der Waals surface area contributed by atoms with E-state index >= 15 is 0 Å². The largest absolute Gasteiger partial charge is 0.416 e. The number of carbonyl (C=O) groups excluding carboxylic acids is 2. The fraction of sp³-hybridized carbons (Fsp3) is 0.346. The number of rotatable bonds is 5. The van der Waals surface area contributed by atoms with Crippen LogP contribution in [0.1, 0.15) is 23.6 Å². The van der Waals surface area contributed by atoms with Crippen molar-refractivity contribution in [2.24, 2.45) is 0 Å². The molecule has 2 amide bonds. The van der Waals surface area contributed by atoms with Gasteiger partial charge in [-0.15, -0.1) is 0 Å². The van der Waals surface area contributed by atoms with E-state index < -0.39 is 17.8 Å². The summed E-state index contributed by atoms with van der Waals surface area (Å²) in [6.07, 6.45) is 1.16. The second-order valence-corrected chi connectivity index (χ2v) is 9.01. The number of halogens is 3. The molecule has 2 aromatic carbocycles. The second kappa shape index (κ2) is 9.67. The van der Waals surface area contributed by atoms with Gasteiger partial charge in [0.2, 0.25) is 5.91 Å². The average Bonchev–Trinajstić information content (AvgIpc) is 3.57. The fourth-order valence-electron chi connectivity index (χ4n) is 4.91. The van der Waals surface area contributed by atoms with Gasteiger partial charge in [-0.1, -0.05) is 24.3 Å². The summed E-state index contributed by atoms with van der Waals surface area (Å²) in [7, 11) is 0. The van der Waals surface area contributed by atoms with Crippen LogP contribution < -0.4 is 9.80 Å². The monoisotopic (exact) mass is 497 g/mol. The first kappa shape index (κ1) is 23.9. The lowest BCUT2D eigenvalue weighted by Crippen LogP contribution is -2.49. The summed E-state index contributed by atoms with van der Waals surface area (Å²) in [5, 5.41) is 0. The number of benzene rings is 2. The first-order chi connectivity index (χ1) is 17.3. The van der Waals surface area contributed by atoms with Gasteiger partial charge >= 0.3 is 6.18 Å². The molecule has 0 spiro atoms. The van der Waals surface area contributed by atoms with Crippen LogP contribution in [0.2, 0.25) is 0 Å². The van der Waals surface area contributed by atoms with Gasteiger partial charge in [-0.3, -0.25) is 9.59 Å². The second-order valence-electron chi connectivity index (χ2n) is 9.01. The number of imidazole rings is 1. The minimum atomic E-state index is -4.40. The first-order valence-corrected chi connectivity index (χ1v) is 11.9. The number of hydrogen-bond acceptors (Lipinski definition) is 4. The van der Waals surface area contributed by atoms with Gasteiger partial charge in [-0.25, -0.2) is 4.98 Å². The highest BCUT2D eigenvalue weighted by molar-refractivity contribution is 6.00. The third kappa shape index (κ3) is 4.80. The predicted octanol–water partition coefficient (Wildman–Crippen LogP) is 3.77. The number of aromatic nitrogens is 2. The van der Waals surface area contributed by atoms with Gasteiger partial charge in [-0.05, 0) is 36.2 Å². The van der Waals surface area contributed by atoms with Gasteiger partial charge in [0.15, 0.2) is 0 Å². The highest BCUT2D eigenvalue weighted by Crippen LogP contribution is 2.33. The summed E-state index contributed by atoms with van der Waals surface area (Å²) in [5.41, 5.74) is 1.77. The molecule has 36 heavy (non-hydrogen) atoms. The number of piperazine rings is 1. The Hall–Kier alpha value is -3.82. The maximum absolute atomic E-state index is 13.6. The van der Waals surface area contributed by atoms with Gasteiger partial charge in [0, 0.05) is 56.5 Å². The summed E-state index contributed by atoms with van der Waals surface area (Å²) in [6, 6.07) is 12.3. The number of carbonyl (C=O) groups is 2. The molecule has 1 fully saturated rings. The normalized spacial score (nSPS) is 16.7. The van der Waals surface area contributed by atoms with Crippen LogP contribution >= 0.6 is 0 Å². The van der Waals surface area contributed by atoms with E-state index in [0.29, 0.717) is 38.4 Å². The Morgan fingerprint density at radius 3 is 2.47 bits per heavy atom. The Balaban J connectivity index is 1.26. The molecule has 2 aliphatic heterocycles. The maximum Gasteiger partial charge on any atom is 0.416 e. The molecule has 188 valence electrons. The summed E-state index contributed by atoms with van der Waals surface area (Å²) in [4.78, 5) is 36.2. The lowest BCUT2D eigenvalue weighted by atomic mass is 10.1. The van der Waals surface area contributed by atoms with Crippen LogP contribution in [-0.2, 0) is 22.2 Å². The van der Waals surface area contributed by atoms with E-state index in [1.165, 1.54) is 6.07 Å². The third-order valence-corrected chi connectivity index (χ3v) is 6.86. The van der Waals surface area contributed by atoms with Gasteiger partial charge < -0.3 is 19.3 Å². The zero-order valence-electron chi connectivity index (χ0n) is 19.6. The molecule has 3 aromatic rings. The Labute approximate surface area is 206 Å². The Morgan fingerprint density at radius 2 is 1.75 bits per heavy atom. The lowest BCUT2D eigenvalue weighted by Gasteiger charge is -2.37. The highest BCUT2D eigenvalue weighted by atomic mass is 19.4. The molecule has 7 nitrogen and oxygen atoms in total. The van der Waals surface area contributed by atoms with Crippen molar-refractivity contribution in [3.8, 4) is 0 Å². The number of nitrogens with zero attached hydrogens (tertiary/aromatic N) is 5. The number of para-hydroxylation sites is 1. The van der Waals surface area contributed by atoms with Crippen molar-refractivity contribution in [1.29, 1.82) is 0 Å². The van der Waals surface area contributed by atoms with Crippen LogP contribution in [-0.4, -0.2) is 59.0 Å². The fourth-order valence-corrected chi connectivity index (χ4v) is 4.91. The zero-order valence-corrected chi connectivity index (χ0v) is 19.6. The molecule has 1 aromatic heterocycles. The van der Waals surface area contributed by atoms with E-state index in [1.54, 1.807) is 39.2 Å². The van der Waals surface area contributed by atoms with Crippen LogP contribution in [0, 0.1) is 0 Å². The Morgan fingerprint density at radius 1 is 0.972 bits per heavy atom. The number of anilines is 2. The molecule has 5 rings (SSSR count).